The Hall–Kier alpha value is -1.38. The summed E-state index contributed by atoms with van der Waals surface area (Å²) in [5, 5.41) is 0. The molecule has 0 unspecified atom stereocenters. The summed E-state index contributed by atoms with van der Waals surface area (Å²) in [6.45, 7) is 0. The maximum atomic E-state index is 3.62. The van der Waals surface area contributed by atoms with Crippen molar-refractivity contribution in [1.82, 2.24) is 0 Å². The fourth-order valence-electron chi connectivity index (χ4n) is 2.20. The highest BCUT2D eigenvalue weighted by Crippen LogP contribution is 2.31. The zero-order chi connectivity index (χ0) is 13.9. The third-order valence-electron chi connectivity index (χ3n) is 3.22. The van der Waals surface area contributed by atoms with Gasteiger partial charge in [0.2, 0.25) is 0 Å². The van der Waals surface area contributed by atoms with Crippen LogP contribution in [-0.2, 0) is 0 Å². The van der Waals surface area contributed by atoms with Gasteiger partial charge in [0.25, 0.3) is 0 Å². The molecule has 0 aliphatic rings. The topological polar surface area (TPSA) is 0 Å². The average Bonchev–Trinajstić information content (AvgIpc) is 2.49. The van der Waals surface area contributed by atoms with Gasteiger partial charge in [-0.25, -0.2) is 0 Å². The Balaban J connectivity index is 2.06. The highest BCUT2D eigenvalue weighted by molar-refractivity contribution is 9.10. The number of hydrogen-bond acceptors (Lipinski definition) is 0. The van der Waals surface area contributed by atoms with Crippen molar-refractivity contribution < 1.29 is 0 Å². The van der Waals surface area contributed by atoms with Crippen molar-refractivity contribution in [1.29, 1.82) is 0 Å². The first-order chi connectivity index (χ1) is 9.74. The Morgan fingerprint density at radius 2 is 1.25 bits per heavy atom. The minimum atomic E-state index is 1.10. The summed E-state index contributed by atoms with van der Waals surface area (Å²) in [4.78, 5) is 0. The number of rotatable bonds is 2. The van der Waals surface area contributed by atoms with E-state index in [9.17, 15) is 0 Å². The predicted molar refractivity (Wildman–Crippen MR) is 92.7 cm³/mol. The summed E-state index contributed by atoms with van der Waals surface area (Å²) in [6, 6.07) is 25.3. The van der Waals surface area contributed by atoms with Gasteiger partial charge in [-0.15, -0.1) is 0 Å². The Morgan fingerprint density at radius 3 is 2.00 bits per heavy atom. The van der Waals surface area contributed by atoms with Gasteiger partial charge in [-0.3, -0.25) is 0 Å². The first kappa shape index (κ1) is 13.6. The maximum Gasteiger partial charge on any atom is 0.0253 e. The summed E-state index contributed by atoms with van der Waals surface area (Å²) in [5.41, 5.74) is 4.89. The molecule has 0 N–H and O–H groups in total. The van der Waals surface area contributed by atoms with Crippen molar-refractivity contribution in [2.45, 2.75) is 0 Å². The molecule has 2 heteroatoms. The second-order valence-corrected chi connectivity index (χ2v) is 6.34. The minimum absolute atomic E-state index is 1.10. The second-order valence-electron chi connectivity index (χ2n) is 4.57. The highest BCUT2D eigenvalue weighted by atomic mass is 79.9. The van der Waals surface area contributed by atoms with Crippen molar-refractivity contribution in [3.8, 4) is 22.3 Å². The Morgan fingerprint density at radius 1 is 0.550 bits per heavy atom. The van der Waals surface area contributed by atoms with Crippen LogP contribution in [0.4, 0.5) is 0 Å². The van der Waals surface area contributed by atoms with Crippen LogP contribution in [0.25, 0.3) is 22.3 Å². The monoisotopic (exact) mass is 386 g/mol. The summed E-state index contributed by atoms with van der Waals surface area (Å²) >= 11 is 7.09. The summed E-state index contributed by atoms with van der Waals surface area (Å²) in [7, 11) is 0. The molecule has 3 aromatic rings. The normalized spacial score (nSPS) is 10.5. The van der Waals surface area contributed by atoms with Crippen LogP contribution in [0.1, 0.15) is 0 Å². The molecule has 0 saturated heterocycles. The van der Waals surface area contributed by atoms with E-state index in [1.54, 1.807) is 0 Å². The van der Waals surface area contributed by atoms with Crippen molar-refractivity contribution in [2.24, 2.45) is 0 Å². The third-order valence-corrected chi connectivity index (χ3v) is 4.45. The van der Waals surface area contributed by atoms with Gasteiger partial charge in [0.1, 0.15) is 0 Å². The first-order valence-corrected chi connectivity index (χ1v) is 7.93. The molecule has 0 saturated carbocycles. The van der Waals surface area contributed by atoms with Crippen molar-refractivity contribution in [3.63, 3.8) is 0 Å². The summed E-state index contributed by atoms with van der Waals surface area (Å²) in [6.07, 6.45) is 0. The van der Waals surface area contributed by atoms with Gasteiger partial charge in [0.05, 0.1) is 0 Å². The molecule has 0 spiro atoms. The molecule has 0 radical (unpaired) electrons. The zero-order valence-corrected chi connectivity index (χ0v) is 13.9. The van der Waals surface area contributed by atoms with Crippen LogP contribution >= 0.6 is 31.9 Å². The van der Waals surface area contributed by atoms with E-state index in [-0.39, 0.29) is 0 Å². The van der Waals surface area contributed by atoms with E-state index in [1.165, 1.54) is 22.3 Å². The molecule has 0 bridgehead atoms. The third kappa shape index (κ3) is 2.87. The lowest BCUT2D eigenvalue weighted by Crippen LogP contribution is -1.82. The molecule has 3 aromatic carbocycles. The molecule has 98 valence electrons. The van der Waals surface area contributed by atoms with Crippen LogP contribution in [0, 0.1) is 0 Å². The fourth-order valence-corrected chi connectivity index (χ4v) is 2.98. The van der Waals surface area contributed by atoms with Crippen molar-refractivity contribution in [2.75, 3.05) is 0 Å². The van der Waals surface area contributed by atoms with Gasteiger partial charge in [0, 0.05) is 8.95 Å². The number of benzene rings is 3. The molecule has 0 atom stereocenters. The zero-order valence-electron chi connectivity index (χ0n) is 10.7. The van der Waals surface area contributed by atoms with E-state index >= 15 is 0 Å². The van der Waals surface area contributed by atoms with Gasteiger partial charge in [-0.2, -0.15) is 0 Å². The highest BCUT2D eigenvalue weighted by Gasteiger charge is 2.04. The lowest BCUT2D eigenvalue weighted by Gasteiger charge is -2.08. The Bertz CT molecular complexity index is 730. The van der Waals surface area contributed by atoms with E-state index in [0.717, 1.165) is 8.95 Å². The maximum absolute atomic E-state index is 3.62. The standard InChI is InChI=1S/C18H12Br2/c19-16-10-8-13(9-11-16)14-4-3-5-15(12-14)17-6-1-2-7-18(17)20/h1-12H. The van der Waals surface area contributed by atoms with E-state index in [1.807, 2.05) is 6.07 Å². The molecule has 3 rings (SSSR count). The van der Waals surface area contributed by atoms with Crippen LogP contribution < -0.4 is 0 Å². The average molecular weight is 388 g/mol. The fraction of sp³-hybridized carbons (Fsp3) is 0. The largest absolute Gasteiger partial charge is 0.0616 e. The molecule has 0 aliphatic carbocycles. The smallest absolute Gasteiger partial charge is 0.0253 e. The molecule has 0 amide bonds. The predicted octanol–water partition coefficient (Wildman–Crippen LogP) is 6.55. The lowest BCUT2D eigenvalue weighted by atomic mass is 9.99. The van der Waals surface area contributed by atoms with Crippen LogP contribution in [0.5, 0.6) is 0 Å². The van der Waals surface area contributed by atoms with Crippen molar-refractivity contribution >= 4 is 31.9 Å². The summed E-state index contributed by atoms with van der Waals surface area (Å²) < 4.78 is 2.22. The van der Waals surface area contributed by atoms with E-state index < -0.39 is 0 Å². The molecular formula is C18H12Br2. The number of hydrogen-bond donors (Lipinski definition) is 0. The first-order valence-electron chi connectivity index (χ1n) is 6.35. The number of halogens is 2. The van der Waals surface area contributed by atoms with Crippen LogP contribution in [0.3, 0.4) is 0 Å². The van der Waals surface area contributed by atoms with Crippen LogP contribution in [0.2, 0.25) is 0 Å². The van der Waals surface area contributed by atoms with Crippen LogP contribution in [-0.4, -0.2) is 0 Å². The molecule has 0 aliphatic heterocycles. The second kappa shape index (κ2) is 5.94. The van der Waals surface area contributed by atoms with Gasteiger partial charge in [0.15, 0.2) is 0 Å². The molecule has 0 nitrogen and oxygen atoms in total. The van der Waals surface area contributed by atoms with Gasteiger partial charge < -0.3 is 0 Å². The molecular weight excluding hydrogens is 376 g/mol. The lowest BCUT2D eigenvalue weighted by molar-refractivity contribution is 1.56. The SMILES string of the molecule is Brc1ccc(-c2cccc(-c3ccccc3Br)c2)cc1. The molecule has 0 heterocycles. The molecule has 0 aromatic heterocycles. The minimum Gasteiger partial charge on any atom is -0.0616 e. The Kier molecular flexibility index (Phi) is 4.04. The molecule has 0 fully saturated rings. The van der Waals surface area contributed by atoms with Gasteiger partial charge in [-0.1, -0.05) is 80.4 Å². The van der Waals surface area contributed by atoms with E-state index in [4.69, 9.17) is 0 Å². The van der Waals surface area contributed by atoms with E-state index in [0.29, 0.717) is 0 Å². The Labute approximate surface area is 135 Å². The van der Waals surface area contributed by atoms with Crippen molar-refractivity contribution in [3.05, 3.63) is 81.7 Å². The van der Waals surface area contributed by atoms with Gasteiger partial charge >= 0.3 is 0 Å². The summed E-state index contributed by atoms with van der Waals surface area (Å²) in [5.74, 6) is 0. The molecule has 20 heavy (non-hydrogen) atoms. The van der Waals surface area contributed by atoms with Gasteiger partial charge in [-0.05, 0) is 46.5 Å². The van der Waals surface area contributed by atoms with Crippen LogP contribution in [0.15, 0.2) is 81.7 Å². The quantitative estimate of drug-likeness (QED) is 0.467. The van der Waals surface area contributed by atoms with E-state index in [2.05, 4.69) is 98.6 Å².